The minimum Gasteiger partial charge on any atom is -0.497 e. The number of aryl methyl sites for hydroxylation is 1. The van der Waals surface area contributed by atoms with Gasteiger partial charge in [0.15, 0.2) is 11.9 Å². The Hall–Kier alpha value is -2.40. The molecule has 0 unspecified atom stereocenters. The Bertz CT molecular complexity index is 820. The van der Waals surface area contributed by atoms with E-state index in [9.17, 15) is 9.59 Å². The van der Waals surface area contributed by atoms with Gasteiger partial charge in [-0.25, -0.2) is 4.79 Å². The lowest BCUT2D eigenvalue weighted by atomic mass is 9.99. The molecule has 1 aliphatic heterocycles. The maximum absolute atomic E-state index is 12.7. The Morgan fingerprint density at radius 3 is 2.54 bits per heavy atom. The Labute approximate surface area is 140 Å². The molecule has 2 aromatic carbocycles. The second-order valence-corrected chi connectivity index (χ2v) is 6.34. The number of rotatable bonds is 5. The zero-order valence-corrected chi connectivity index (χ0v) is 14.2. The summed E-state index contributed by atoms with van der Waals surface area (Å²) in [6, 6.07) is 9.23. The molecule has 1 fully saturated rings. The molecule has 0 spiro atoms. The molecule has 0 radical (unpaired) electrons. The van der Waals surface area contributed by atoms with Crippen molar-refractivity contribution in [2.75, 3.05) is 13.7 Å². The van der Waals surface area contributed by atoms with E-state index >= 15 is 0 Å². The normalized spacial score (nSPS) is 20.5. The van der Waals surface area contributed by atoms with Crippen LogP contribution in [0.4, 0.5) is 0 Å². The van der Waals surface area contributed by atoms with Crippen molar-refractivity contribution in [1.82, 2.24) is 0 Å². The van der Waals surface area contributed by atoms with Crippen molar-refractivity contribution >= 4 is 22.5 Å². The fourth-order valence-electron chi connectivity index (χ4n) is 2.87. The van der Waals surface area contributed by atoms with Crippen LogP contribution in [0, 0.1) is 6.92 Å². The molecule has 24 heavy (non-hydrogen) atoms. The fraction of sp³-hybridized carbons (Fsp3) is 0.368. The van der Waals surface area contributed by atoms with Gasteiger partial charge in [0.05, 0.1) is 19.3 Å². The van der Waals surface area contributed by atoms with Crippen LogP contribution in [0.25, 0.3) is 10.8 Å². The van der Waals surface area contributed by atoms with Crippen LogP contribution in [0.3, 0.4) is 0 Å². The van der Waals surface area contributed by atoms with Crippen LogP contribution in [0.15, 0.2) is 30.3 Å². The highest BCUT2D eigenvalue weighted by Crippen LogP contribution is 2.34. The van der Waals surface area contributed by atoms with Gasteiger partial charge in [-0.3, -0.25) is 4.79 Å². The maximum atomic E-state index is 12.7. The zero-order valence-electron chi connectivity index (χ0n) is 14.2. The average Bonchev–Trinajstić information content (AvgIpc) is 3.30. The third-order valence-electron chi connectivity index (χ3n) is 4.39. The Morgan fingerprint density at radius 2 is 1.96 bits per heavy atom. The van der Waals surface area contributed by atoms with Crippen LogP contribution in [0.2, 0.25) is 0 Å². The van der Waals surface area contributed by atoms with Gasteiger partial charge in [0, 0.05) is 0 Å². The van der Waals surface area contributed by atoms with Gasteiger partial charge in [-0.2, -0.15) is 0 Å². The highest BCUT2D eigenvalue weighted by Gasteiger charge is 2.52. The topological polar surface area (TPSA) is 65.1 Å². The molecule has 1 aliphatic rings. The lowest BCUT2D eigenvalue weighted by molar-refractivity contribution is -0.128. The third kappa shape index (κ3) is 2.87. The summed E-state index contributed by atoms with van der Waals surface area (Å²) >= 11 is 0. The maximum Gasteiger partial charge on any atom is 0.339 e. The Morgan fingerprint density at radius 1 is 1.25 bits per heavy atom. The van der Waals surface area contributed by atoms with Gasteiger partial charge in [0.25, 0.3) is 0 Å². The van der Waals surface area contributed by atoms with Crippen molar-refractivity contribution in [2.24, 2.45) is 0 Å². The summed E-state index contributed by atoms with van der Waals surface area (Å²) in [7, 11) is 1.55. The van der Waals surface area contributed by atoms with E-state index in [1.54, 1.807) is 20.1 Å². The third-order valence-corrected chi connectivity index (χ3v) is 4.39. The molecule has 0 bridgehead atoms. The molecule has 2 aromatic rings. The molecule has 0 amide bonds. The number of Topliss-reactive ketones (excluding diaryl/α,β-unsaturated/α-hetero) is 1. The lowest BCUT2D eigenvalue weighted by Gasteiger charge is -2.19. The van der Waals surface area contributed by atoms with Crippen molar-refractivity contribution in [3.05, 3.63) is 41.5 Å². The van der Waals surface area contributed by atoms with Gasteiger partial charge in [0.1, 0.15) is 11.4 Å². The lowest BCUT2D eigenvalue weighted by Crippen LogP contribution is -2.38. The fourth-order valence-corrected chi connectivity index (χ4v) is 2.87. The number of ether oxygens (including phenoxy) is 3. The predicted octanol–water partition coefficient (Wildman–Crippen LogP) is 3.06. The van der Waals surface area contributed by atoms with E-state index < -0.39 is 17.7 Å². The second kappa shape index (κ2) is 5.91. The van der Waals surface area contributed by atoms with Gasteiger partial charge >= 0.3 is 5.97 Å². The van der Waals surface area contributed by atoms with E-state index in [1.165, 1.54) is 6.92 Å². The van der Waals surface area contributed by atoms with Crippen molar-refractivity contribution in [3.8, 4) is 5.75 Å². The standard InChI is InChI=1S/C19H20O5/c1-11-6-5-7-14-15(11)8-13(22-4)9-16(14)18(21)24-17(12(2)20)19(3)10-23-19/h5-9,17H,10H2,1-4H3/t17-,19+/m1/s1. The second-order valence-electron chi connectivity index (χ2n) is 6.34. The highest BCUT2D eigenvalue weighted by atomic mass is 16.6. The summed E-state index contributed by atoms with van der Waals surface area (Å²) < 4.78 is 16.1. The molecule has 2 atom stereocenters. The van der Waals surface area contributed by atoms with E-state index in [0.29, 0.717) is 17.9 Å². The average molecular weight is 328 g/mol. The summed E-state index contributed by atoms with van der Waals surface area (Å²) in [6.07, 6.45) is -0.906. The summed E-state index contributed by atoms with van der Waals surface area (Å²) in [6.45, 7) is 5.54. The van der Waals surface area contributed by atoms with Gasteiger partial charge in [0.2, 0.25) is 0 Å². The number of carbonyl (C=O) groups excluding carboxylic acids is 2. The molecular weight excluding hydrogens is 308 g/mol. The van der Waals surface area contributed by atoms with E-state index in [1.807, 2.05) is 31.2 Å². The number of methoxy groups -OCH3 is 1. The SMILES string of the molecule is COc1cc(C(=O)O[C@H](C(C)=O)[C@]2(C)CO2)c2cccc(C)c2c1. The molecule has 3 rings (SSSR count). The summed E-state index contributed by atoms with van der Waals surface area (Å²) in [5.41, 5.74) is 0.691. The van der Waals surface area contributed by atoms with Crippen molar-refractivity contribution in [2.45, 2.75) is 32.5 Å². The van der Waals surface area contributed by atoms with Crippen LogP contribution < -0.4 is 4.74 Å². The van der Waals surface area contributed by atoms with Crippen LogP contribution in [0.5, 0.6) is 5.75 Å². The molecule has 1 saturated heterocycles. The van der Waals surface area contributed by atoms with E-state index in [-0.39, 0.29) is 5.78 Å². The number of esters is 1. The number of epoxide rings is 1. The molecule has 0 aromatic heterocycles. The molecule has 5 nitrogen and oxygen atoms in total. The highest BCUT2D eigenvalue weighted by molar-refractivity contribution is 6.06. The Balaban J connectivity index is 2.03. The number of hydrogen-bond acceptors (Lipinski definition) is 5. The quantitative estimate of drug-likeness (QED) is 0.623. The smallest absolute Gasteiger partial charge is 0.339 e. The largest absolute Gasteiger partial charge is 0.497 e. The van der Waals surface area contributed by atoms with Gasteiger partial charge in [-0.15, -0.1) is 0 Å². The van der Waals surface area contributed by atoms with Crippen LogP contribution in [0.1, 0.15) is 29.8 Å². The van der Waals surface area contributed by atoms with Crippen LogP contribution >= 0.6 is 0 Å². The first-order valence-electron chi connectivity index (χ1n) is 7.78. The molecule has 0 saturated carbocycles. The predicted molar refractivity (Wildman–Crippen MR) is 89.5 cm³/mol. The molecule has 5 heteroatoms. The number of benzene rings is 2. The molecule has 126 valence electrons. The monoisotopic (exact) mass is 328 g/mol. The van der Waals surface area contributed by atoms with Crippen molar-refractivity contribution in [3.63, 3.8) is 0 Å². The minimum absolute atomic E-state index is 0.230. The first kappa shape index (κ1) is 16.5. The first-order chi connectivity index (χ1) is 11.4. The van der Waals surface area contributed by atoms with Gasteiger partial charge < -0.3 is 14.2 Å². The van der Waals surface area contributed by atoms with Crippen LogP contribution in [-0.4, -0.2) is 37.2 Å². The molecular formula is C19H20O5. The zero-order chi connectivity index (χ0) is 17.5. The number of ketones is 1. The summed E-state index contributed by atoms with van der Waals surface area (Å²) in [5, 5.41) is 1.68. The molecule has 0 N–H and O–H groups in total. The van der Waals surface area contributed by atoms with Crippen LogP contribution in [-0.2, 0) is 14.3 Å². The van der Waals surface area contributed by atoms with Crippen molar-refractivity contribution in [1.29, 1.82) is 0 Å². The number of hydrogen-bond donors (Lipinski definition) is 0. The summed E-state index contributed by atoms with van der Waals surface area (Å²) in [4.78, 5) is 24.6. The Kier molecular flexibility index (Phi) is 4.05. The number of fused-ring (bicyclic) bond motifs is 1. The number of carbonyl (C=O) groups is 2. The van der Waals surface area contributed by atoms with E-state index in [4.69, 9.17) is 14.2 Å². The van der Waals surface area contributed by atoms with Gasteiger partial charge in [-0.1, -0.05) is 18.2 Å². The minimum atomic E-state index is -0.906. The molecule has 0 aliphatic carbocycles. The first-order valence-corrected chi connectivity index (χ1v) is 7.78. The van der Waals surface area contributed by atoms with E-state index in [2.05, 4.69) is 0 Å². The molecule has 1 heterocycles. The summed E-state index contributed by atoms with van der Waals surface area (Å²) in [5.74, 6) is -0.217. The van der Waals surface area contributed by atoms with Crippen molar-refractivity contribution < 1.29 is 23.8 Å². The van der Waals surface area contributed by atoms with E-state index in [0.717, 1.165) is 16.3 Å². The van der Waals surface area contributed by atoms with Gasteiger partial charge in [-0.05, 0) is 49.2 Å².